The van der Waals surface area contributed by atoms with Crippen molar-refractivity contribution in [1.82, 2.24) is 4.90 Å². The van der Waals surface area contributed by atoms with E-state index in [2.05, 4.69) is 81.0 Å². The van der Waals surface area contributed by atoms with Gasteiger partial charge in [-0.3, -0.25) is 4.90 Å². The van der Waals surface area contributed by atoms with Gasteiger partial charge in [0.1, 0.15) is 5.75 Å². The largest absolute Gasteiger partial charge is 0.496 e. The fourth-order valence-electron chi connectivity index (χ4n) is 3.79. The molecule has 0 radical (unpaired) electrons. The van der Waals surface area contributed by atoms with Gasteiger partial charge in [0.25, 0.3) is 0 Å². The number of anilines is 1. The minimum atomic E-state index is -0.135. The van der Waals surface area contributed by atoms with Crippen molar-refractivity contribution in [3.8, 4) is 16.9 Å². The van der Waals surface area contributed by atoms with Gasteiger partial charge in [0.15, 0.2) is 0 Å². The number of hydrogen-bond donors (Lipinski definition) is 1. The number of methoxy groups -OCH3 is 1. The van der Waals surface area contributed by atoms with Gasteiger partial charge < -0.3 is 10.1 Å². The zero-order valence-corrected chi connectivity index (χ0v) is 17.0. The van der Waals surface area contributed by atoms with Gasteiger partial charge in [-0.05, 0) is 39.5 Å². The van der Waals surface area contributed by atoms with Crippen LogP contribution in [0.1, 0.15) is 26.3 Å². The van der Waals surface area contributed by atoms with Gasteiger partial charge in [-0.25, -0.2) is 0 Å². The molecular weight excluding hydrogens is 332 g/mol. The van der Waals surface area contributed by atoms with E-state index < -0.39 is 0 Å². The van der Waals surface area contributed by atoms with Crippen LogP contribution in [-0.2, 0) is 0 Å². The molecule has 3 rings (SSSR count). The van der Waals surface area contributed by atoms with Gasteiger partial charge in [0.05, 0.1) is 18.3 Å². The maximum Gasteiger partial charge on any atom is 0.126 e. The second-order valence-corrected chi connectivity index (χ2v) is 7.78. The molecule has 0 aliphatic carbocycles. The average molecular weight is 363 g/mol. The van der Waals surface area contributed by atoms with Gasteiger partial charge in [0.2, 0.25) is 0 Å². The van der Waals surface area contributed by atoms with Gasteiger partial charge in [-0.15, -0.1) is 6.58 Å². The van der Waals surface area contributed by atoms with Gasteiger partial charge >= 0.3 is 0 Å². The lowest BCUT2D eigenvalue weighted by Crippen LogP contribution is -2.37. The minimum absolute atomic E-state index is 0.135. The Labute approximate surface area is 163 Å². The summed E-state index contributed by atoms with van der Waals surface area (Å²) < 4.78 is 5.63. The number of benzene rings is 2. The first kappa shape index (κ1) is 19.2. The van der Waals surface area contributed by atoms with Crippen LogP contribution in [0.25, 0.3) is 16.7 Å². The number of nitrogens with zero attached hydrogens (tertiary/aromatic N) is 1. The molecule has 1 N–H and O–H groups in total. The lowest BCUT2D eigenvalue weighted by molar-refractivity contribution is 0.336. The van der Waals surface area contributed by atoms with Crippen LogP contribution in [0, 0.1) is 0 Å². The third kappa shape index (κ3) is 3.79. The summed E-state index contributed by atoms with van der Waals surface area (Å²) in [6.07, 6.45) is 4.31. The smallest absolute Gasteiger partial charge is 0.126 e. The van der Waals surface area contributed by atoms with E-state index in [0.717, 1.165) is 17.9 Å². The molecule has 3 nitrogen and oxygen atoms in total. The average Bonchev–Trinajstić information content (AvgIpc) is 2.65. The highest BCUT2D eigenvalue weighted by Gasteiger charge is 2.30. The molecule has 1 aliphatic rings. The van der Waals surface area contributed by atoms with E-state index in [1.165, 1.54) is 22.4 Å². The molecule has 27 heavy (non-hydrogen) atoms. The summed E-state index contributed by atoms with van der Waals surface area (Å²) in [5.41, 5.74) is 5.90. The van der Waals surface area contributed by atoms with E-state index in [9.17, 15) is 0 Å². The molecule has 0 saturated heterocycles. The molecule has 0 amide bonds. The third-order valence-electron chi connectivity index (χ3n) is 5.26. The molecule has 0 aromatic heterocycles. The van der Waals surface area contributed by atoms with Crippen molar-refractivity contribution in [2.75, 3.05) is 26.0 Å². The highest BCUT2D eigenvalue weighted by molar-refractivity contribution is 5.93. The molecule has 2 aromatic carbocycles. The van der Waals surface area contributed by atoms with E-state index in [4.69, 9.17) is 4.74 Å². The summed E-state index contributed by atoms with van der Waals surface area (Å²) in [6, 6.07) is 15.0. The maximum atomic E-state index is 5.63. The van der Waals surface area contributed by atoms with Crippen molar-refractivity contribution in [2.24, 2.45) is 0 Å². The number of likely N-dealkylation sites (N-methyl/N-ethyl adjacent to an activating group) is 1. The topological polar surface area (TPSA) is 24.5 Å². The number of hydrogen-bond acceptors (Lipinski definition) is 3. The molecule has 0 bridgehead atoms. The van der Waals surface area contributed by atoms with Crippen LogP contribution >= 0.6 is 0 Å². The van der Waals surface area contributed by atoms with Crippen LogP contribution in [-0.4, -0.2) is 37.2 Å². The highest BCUT2D eigenvalue weighted by Crippen LogP contribution is 2.44. The molecule has 2 aromatic rings. The second-order valence-electron chi connectivity index (χ2n) is 7.78. The summed E-state index contributed by atoms with van der Waals surface area (Å²) in [4.78, 5) is 2.32. The van der Waals surface area contributed by atoms with Crippen LogP contribution < -0.4 is 10.1 Å². The van der Waals surface area contributed by atoms with E-state index in [0.29, 0.717) is 0 Å². The first-order valence-electron chi connectivity index (χ1n) is 9.47. The highest BCUT2D eigenvalue weighted by atomic mass is 16.5. The maximum absolute atomic E-state index is 5.63. The van der Waals surface area contributed by atoms with E-state index in [-0.39, 0.29) is 11.6 Å². The molecular formula is C24H30N2O. The number of nitrogens with one attached hydrogen (secondary N) is 1. The summed E-state index contributed by atoms with van der Waals surface area (Å²) in [5.74, 6) is 0.887. The van der Waals surface area contributed by atoms with Crippen molar-refractivity contribution in [2.45, 2.75) is 32.4 Å². The summed E-state index contributed by atoms with van der Waals surface area (Å²) in [7, 11) is 3.87. The number of ether oxygens (including phenoxy) is 1. The lowest BCUT2D eigenvalue weighted by Gasteiger charge is -2.37. The standard InChI is InChI=1S/C24H30N2O/c1-7-15-26(5)17(2)21-16-24(3,4)25-23-19(12-10-13-20(21)23)18-11-8-9-14-22(18)27-6/h7-14,16-17,25H,1,15H2,2-6H3. The second kappa shape index (κ2) is 7.61. The van der Waals surface area contributed by atoms with Gasteiger partial charge in [-0.1, -0.05) is 48.6 Å². The molecule has 0 saturated carbocycles. The van der Waals surface area contributed by atoms with Gasteiger partial charge in [0, 0.05) is 29.3 Å². The first-order chi connectivity index (χ1) is 12.9. The fourth-order valence-corrected chi connectivity index (χ4v) is 3.79. The Morgan fingerprint density at radius 3 is 2.48 bits per heavy atom. The first-order valence-corrected chi connectivity index (χ1v) is 9.47. The molecule has 1 unspecified atom stereocenters. The number of para-hydroxylation sites is 2. The molecule has 0 fully saturated rings. The predicted octanol–water partition coefficient (Wildman–Crippen LogP) is 5.46. The summed E-state index contributed by atoms with van der Waals surface area (Å²) >= 11 is 0. The quantitative estimate of drug-likeness (QED) is 0.691. The van der Waals surface area contributed by atoms with Gasteiger partial charge in [-0.2, -0.15) is 0 Å². The van der Waals surface area contributed by atoms with Crippen LogP contribution in [0.3, 0.4) is 0 Å². The molecule has 3 heteroatoms. The Bertz CT molecular complexity index is 866. The zero-order chi connectivity index (χ0) is 19.6. The predicted molar refractivity (Wildman–Crippen MR) is 116 cm³/mol. The third-order valence-corrected chi connectivity index (χ3v) is 5.26. The Morgan fingerprint density at radius 2 is 1.78 bits per heavy atom. The zero-order valence-electron chi connectivity index (χ0n) is 17.0. The Morgan fingerprint density at radius 1 is 1.11 bits per heavy atom. The summed E-state index contributed by atoms with van der Waals surface area (Å²) in [6.45, 7) is 11.4. The van der Waals surface area contributed by atoms with Crippen LogP contribution in [0.2, 0.25) is 0 Å². The normalized spacial score (nSPS) is 16.1. The fraction of sp³-hybridized carbons (Fsp3) is 0.333. The Hall–Kier alpha value is -2.52. The van der Waals surface area contributed by atoms with E-state index >= 15 is 0 Å². The summed E-state index contributed by atoms with van der Waals surface area (Å²) in [5, 5.41) is 3.74. The molecule has 142 valence electrons. The van der Waals surface area contributed by atoms with Crippen molar-refractivity contribution in [1.29, 1.82) is 0 Å². The monoisotopic (exact) mass is 362 g/mol. The van der Waals surface area contributed by atoms with Crippen molar-refractivity contribution in [3.63, 3.8) is 0 Å². The molecule has 0 spiro atoms. The Balaban J connectivity index is 2.16. The van der Waals surface area contributed by atoms with Crippen LogP contribution in [0.4, 0.5) is 5.69 Å². The Kier molecular flexibility index (Phi) is 5.43. The van der Waals surface area contributed by atoms with Crippen LogP contribution in [0.5, 0.6) is 5.75 Å². The van der Waals surface area contributed by atoms with Crippen molar-refractivity contribution >= 4 is 11.3 Å². The lowest BCUT2D eigenvalue weighted by atomic mass is 9.84. The molecule has 1 aliphatic heterocycles. The number of fused-ring (bicyclic) bond motifs is 1. The molecule has 1 heterocycles. The van der Waals surface area contributed by atoms with E-state index in [1.807, 2.05) is 18.2 Å². The van der Waals surface area contributed by atoms with Crippen LogP contribution in [0.15, 0.2) is 61.2 Å². The molecule has 1 atom stereocenters. The SMILES string of the molecule is C=CCN(C)C(C)C1=CC(C)(C)Nc2c1cccc2-c1ccccc1OC. The number of rotatable bonds is 6. The van der Waals surface area contributed by atoms with Crippen molar-refractivity contribution < 1.29 is 4.74 Å². The van der Waals surface area contributed by atoms with Crippen molar-refractivity contribution in [3.05, 3.63) is 66.8 Å². The minimum Gasteiger partial charge on any atom is -0.496 e. The van der Waals surface area contributed by atoms with E-state index in [1.54, 1.807) is 7.11 Å².